The summed E-state index contributed by atoms with van der Waals surface area (Å²) < 4.78 is 14.0. The fraction of sp³-hybridized carbons (Fsp3) is 0.381. The number of aliphatic hydroxyl groups is 1. The Hall–Kier alpha value is -2.00. The number of ketones is 1. The van der Waals surface area contributed by atoms with Gasteiger partial charge < -0.3 is 5.11 Å². The standard InChI is InChI=1S/C21H23FO2/c1-3-11-21-14(2)17(12-15-7-4-5-9-18(15)22)19(23)13-16(21)8-6-10-20(21)24/h3-5,7,9,12-14,20,24H,1,6,8,10-11H2,2H3/t14-,20-,21-/m0/s1. The predicted octanol–water partition coefficient (Wildman–Crippen LogP) is 4.46. The van der Waals surface area contributed by atoms with E-state index in [0.717, 1.165) is 24.8 Å². The summed E-state index contributed by atoms with van der Waals surface area (Å²) in [6, 6.07) is 6.44. The van der Waals surface area contributed by atoms with Gasteiger partial charge in [-0.15, -0.1) is 6.58 Å². The molecular weight excluding hydrogens is 303 g/mol. The van der Waals surface area contributed by atoms with Gasteiger partial charge in [-0.05, 0) is 49.8 Å². The quantitative estimate of drug-likeness (QED) is 0.658. The Bertz CT molecular complexity index is 731. The van der Waals surface area contributed by atoms with Gasteiger partial charge in [0.1, 0.15) is 5.82 Å². The Morgan fingerprint density at radius 1 is 1.42 bits per heavy atom. The highest BCUT2D eigenvalue weighted by Crippen LogP contribution is 2.54. The van der Waals surface area contributed by atoms with Gasteiger partial charge in [0.05, 0.1) is 6.10 Å². The van der Waals surface area contributed by atoms with E-state index in [9.17, 15) is 14.3 Å². The zero-order chi connectivity index (χ0) is 17.3. The van der Waals surface area contributed by atoms with Crippen LogP contribution in [0.25, 0.3) is 6.08 Å². The van der Waals surface area contributed by atoms with E-state index in [1.54, 1.807) is 30.4 Å². The Morgan fingerprint density at radius 2 is 2.17 bits per heavy atom. The van der Waals surface area contributed by atoms with E-state index in [0.29, 0.717) is 17.6 Å². The van der Waals surface area contributed by atoms with Crippen molar-refractivity contribution in [1.82, 2.24) is 0 Å². The molecule has 1 N–H and O–H groups in total. The molecule has 24 heavy (non-hydrogen) atoms. The first kappa shape index (κ1) is 16.8. The lowest BCUT2D eigenvalue weighted by Gasteiger charge is -2.50. The molecular formula is C21H23FO2. The normalized spacial score (nSPS) is 31.5. The minimum Gasteiger partial charge on any atom is -0.392 e. The third kappa shape index (κ3) is 2.57. The summed E-state index contributed by atoms with van der Waals surface area (Å²) in [5, 5.41) is 10.8. The van der Waals surface area contributed by atoms with E-state index in [4.69, 9.17) is 0 Å². The van der Waals surface area contributed by atoms with Crippen molar-refractivity contribution in [3.8, 4) is 0 Å². The Kier molecular flexibility index (Phi) is 4.55. The molecule has 126 valence electrons. The lowest BCUT2D eigenvalue weighted by atomic mass is 9.55. The molecule has 1 aromatic carbocycles. The van der Waals surface area contributed by atoms with E-state index in [1.807, 2.05) is 13.0 Å². The van der Waals surface area contributed by atoms with Gasteiger partial charge in [0, 0.05) is 16.6 Å². The minimum absolute atomic E-state index is 0.0745. The van der Waals surface area contributed by atoms with Crippen molar-refractivity contribution >= 4 is 11.9 Å². The number of halogens is 1. The van der Waals surface area contributed by atoms with Crippen LogP contribution in [0, 0.1) is 17.2 Å². The molecule has 3 heteroatoms. The highest BCUT2D eigenvalue weighted by molar-refractivity contribution is 6.09. The SMILES string of the molecule is C=CC[C@@]12C(=CC(=O)C(=Cc3ccccc3F)[C@@H]1C)CCC[C@@H]2O. The molecule has 0 amide bonds. The number of carbonyl (C=O) groups is 1. The molecule has 1 saturated carbocycles. The predicted molar refractivity (Wildman–Crippen MR) is 93.7 cm³/mol. The number of aliphatic hydroxyl groups excluding tert-OH is 1. The maximum atomic E-state index is 14.0. The van der Waals surface area contributed by atoms with Crippen molar-refractivity contribution < 1.29 is 14.3 Å². The van der Waals surface area contributed by atoms with Gasteiger partial charge >= 0.3 is 0 Å². The average molecular weight is 326 g/mol. The van der Waals surface area contributed by atoms with Crippen molar-refractivity contribution in [2.75, 3.05) is 0 Å². The summed E-state index contributed by atoms with van der Waals surface area (Å²) in [4.78, 5) is 12.7. The molecule has 0 spiro atoms. The highest BCUT2D eigenvalue weighted by atomic mass is 19.1. The van der Waals surface area contributed by atoms with Gasteiger partial charge in [0.15, 0.2) is 5.78 Å². The lowest BCUT2D eigenvalue weighted by molar-refractivity contribution is -0.113. The third-order valence-corrected chi connectivity index (χ3v) is 5.64. The maximum Gasteiger partial charge on any atom is 0.182 e. The lowest BCUT2D eigenvalue weighted by Crippen LogP contribution is -2.48. The average Bonchev–Trinajstić information content (AvgIpc) is 2.55. The van der Waals surface area contributed by atoms with Gasteiger partial charge in [-0.3, -0.25) is 4.79 Å². The fourth-order valence-electron chi connectivity index (χ4n) is 4.33. The van der Waals surface area contributed by atoms with Crippen LogP contribution in [0.15, 0.2) is 54.1 Å². The van der Waals surface area contributed by atoms with Crippen LogP contribution >= 0.6 is 0 Å². The molecule has 0 saturated heterocycles. The Balaban J connectivity index is 2.13. The topological polar surface area (TPSA) is 37.3 Å². The Morgan fingerprint density at radius 3 is 2.88 bits per heavy atom. The van der Waals surface area contributed by atoms with E-state index in [1.165, 1.54) is 6.07 Å². The summed E-state index contributed by atoms with van der Waals surface area (Å²) in [5.74, 6) is -0.603. The monoisotopic (exact) mass is 326 g/mol. The Labute approximate surface area is 142 Å². The number of allylic oxidation sites excluding steroid dienone is 3. The second-order valence-corrected chi connectivity index (χ2v) is 6.82. The first-order valence-electron chi connectivity index (χ1n) is 8.51. The van der Waals surface area contributed by atoms with Crippen molar-refractivity contribution in [3.63, 3.8) is 0 Å². The number of benzene rings is 1. The van der Waals surface area contributed by atoms with Crippen LogP contribution in [0.3, 0.4) is 0 Å². The van der Waals surface area contributed by atoms with Crippen LogP contribution < -0.4 is 0 Å². The van der Waals surface area contributed by atoms with Crippen molar-refractivity contribution in [2.24, 2.45) is 11.3 Å². The van der Waals surface area contributed by atoms with Crippen LogP contribution in [0.1, 0.15) is 38.2 Å². The maximum absolute atomic E-state index is 14.0. The first-order chi connectivity index (χ1) is 11.5. The summed E-state index contributed by atoms with van der Waals surface area (Å²) in [7, 11) is 0. The molecule has 0 bridgehead atoms. The number of rotatable bonds is 3. The largest absolute Gasteiger partial charge is 0.392 e. The molecule has 3 atom stereocenters. The zero-order valence-electron chi connectivity index (χ0n) is 14.0. The molecule has 0 aromatic heterocycles. The summed E-state index contributed by atoms with van der Waals surface area (Å²) >= 11 is 0. The van der Waals surface area contributed by atoms with Crippen LogP contribution in [0.4, 0.5) is 4.39 Å². The smallest absolute Gasteiger partial charge is 0.182 e. The zero-order valence-corrected chi connectivity index (χ0v) is 14.0. The molecule has 2 aliphatic rings. The van der Waals surface area contributed by atoms with E-state index < -0.39 is 11.5 Å². The molecule has 0 radical (unpaired) electrons. The molecule has 0 heterocycles. The number of hydrogen-bond donors (Lipinski definition) is 1. The molecule has 0 unspecified atom stereocenters. The van der Waals surface area contributed by atoms with Gasteiger partial charge in [0.2, 0.25) is 0 Å². The van der Waals surface area contributed by atoms with E-state index >= 15 is 0 Å². The van der Waals surface area contributed by atoms with Gasteiger partial charge in [-0.1, -0.05) is 36.8 Å². The summed E-state index contributed by atoms with van der Waals surface area (Å²) in [5.41, 5.74) is 1.49. The molecule has 0 aliphatic heterocycles. The van der Waals surface area contributed by atoms with Crippen LogP contribution in [-0.4, -0.2) is 17.0 Å². The molecule has 1 aromatic rings. The molecule has 2 aliphatic carbocycles. The number of hydrogen-bond acceptors (Lipinski definition) is 2. The number of fused-ring (bicyclic) bond motifs is 1. The summed E-state index contributed by atoms with van der Waals surface area (Å²) in [6.07, 6.45) is 7.66. The summed E-state index contributed by atoms with van der Waals surface area (Å²) in [6.45, 7) is 5.82. The number of carbonyl (C=O) groups excluding carboxylic acids is 1. The third-order valence-electron chi connectivity index (χ3n) is 5.64. The van der Waals surface area contributed by atoms with Gasteiger partial charge in [0.25, 0.3) is 0 Å². The van der Waals surface area contributed by atoms with Crippen LogP contribution in [0.2, 0.25) is 0 Å². The molecule has 2 nitrogen and oxygen atoms in total. The second-order valence-electron chi connectivity index (χ2n) is 6.82. The van der Waals surface area contributed by atoms with E-state index in [2.05, 4.69) is 6.58 Å². The van der Waals surface area contributed by atoms with Crippen LogP contribution in [-0.2, 0) is 4.79 Å². The second kappa shape index (κ2) is 6.48. The fourth-order valence-corrected chi connectivity index (χ4v) is 4.33. The molecule has 1 fully saturated rings. The van der Waals surface area contributed by atoms with Gasteiger partial charge in [-0.2, -0.15) is 0 Å². The molecule has 3 rings (SSSR count). The van der Waals surface area contributed by atoms with Crippen molar-refractivity contribution in [2.45, 2.75) is 38.7 Å². The van der Waals surface area contributed by atoms with Gasteiger partial charge in [-0.25, -0.2) is 4.39 Å². The van der Waals surface area contributed by atoms with Crippen LogP contribution in [0.5, 0.6) is 0 Å². The van der Waals surface area contributed by atoms with E-state index in [-0.39, 0.29) is 17.5 Å². The first-order valence-corrected chi connectivity index (χ1v) is 8.51. The minimum atomic E-state index is -0.511. The highest BCUT2D eigenvalue weighted by Gasteiger charge is 2.51. The van der Waals surface area contributed by atoms with Crippen molar-refractivity contribution in [1.29, 1.82) is 0 Å². The van der Waals surface area contributed by atoms with Crippen molar-refractivity contribution in [3.05, 3.63) is 65.5 Å².